The zero-order valence-corrected chi connectivity index (χ0v) is 15.0. The Morgan fingerprint density at radius 2 is 1.88 bits per heavy atom. The zero-order chi connectivity index (χ0) is 18.9. The van der Waals surface area contributed by atoms with Crippen LogP contribution in [0.1, 0.15) is 48.4 Å². The zero-order valence-electron chi connectivity index (χ0n) is 15.0. The number of carbonyl (C=O) groups excluding carboxylic acids is 1. The number of nitrogens with one attached hydrogen (secondary N) is 2. The summed E-state index contributed by atoms with van der Waals surface area (Å²) in [5.41, 5.74) is 2.91. The van der Waals surface area contributed by atoms with Crippen LogP contribution in [0.2, 0.25) is 0 Å². The second-order valence-electron chi connectivity index (χ2n) is 7.29. The van der Waals surface area contributed by atoms with E-state index >= 15 is 0 Å². The number of aliphatic hydroxyl groups excluding tert-OH is 1. The molecule has 0 saturated carbocycles. The number of fused-ring (bicyclic) bond motifs is 1. The van der Waals surface area contributed by atoms with Crippen molar-refractivity contribution >= 4 is 17.0 Å². The Hall–Kier alpha value is -2.86. The van der Waals surface area contributed by atoms with E-state index in [4.69, 9.17) is 4.42 Å². The molecule has 0 saturated heterocycles. The fourth-order valence-electron chi connectivity index (χ4n) is 2.77. The Balaban J connectivity index is 1.69. The van der Waals surface area contributed by atoms with Crippen LogP contribution in [-0.4, -0.2) is 22.5 Å². The predicted molar refractivity (Wildman–Crippen MR) is 99.3 cm³/mol. The third kappa shape index (κ3) is 3.70. The number of amides is 1. The van der Waals surface area contributed by atoms with Crippen molar-refractivity contribution in [3.05, 3.63) is 69.7 Å². The van der Waals surface area contributed by atoms with E-state index in [1.54, 1.807) is 18.2 Å². The van der Waals surface area contributed by atoms with E-state index in [1.165, 1.54) is 5.56 Å². The fourth-order valence-corrected chi connectivity index (χ4v) is 2.77. The van der Waals surface area contributed by atoms with E-state index < -0.39 is 17.8 Å². The van der Waals surface area contributed by atoms with E-state index in [1.807, 2.05) is 24.3 Å². The second-order valence-corrected chi connectivity index (χ2v) is 7.29. The number of hydrogen-bond acceptors (Lipinski definition) is 4. The molecule has 0 spiro atoms. The average Bonchev–Trinajstić information content (AvgIpc) is 2.98. The quantitative estimate of drug-likeness (QED) is 0.671. The first kappa shape index (κ1) is 17.9. The lowest BCUT2D eigenvalue weighted by Crippen LogP contribution is -2.28. The lowest BCUT2D eigenvalue weighted by molar-refractivity contribution is 0.0917. The van der Waals surface area contributed by atoms with Gasteiger partial charge in [0, 0.05) is 6.54 Å². The molecule has 0 radical (unpaired) electrons. The van der Waals surface area contributed by atoms with Crippen LogP contribution in [0.3, 0.4) is 0 Å². The number of aromatic amines is 1. The van der Waals surface area contributed by atoms with E-state index in [0.29, 0.717) is 16.7 Å². The second kappa shape index (κ2) is 6.80. The summed E-state index contributed by atoms with van der Waals surface area (Å²) in [6.45, 7) is 6.44. The number of oxazole rings is 1. The van der Waals surface area contributed by atoms with Gasteiger partial charge in [0.05, 0.1) is 17.2 Å². The van der Waals surface area contributed by atoms with E-state index in [-0.39, 0.29) is 12.0 Å². The Morgan fingerprint density at radius 1 is 1.19 bits per heavy atom. The molecular weight excluding hydrogens is 332 g/mol. The molecule has 26 heavy (non-hydrogen) atoms. The van der Waals surface area contributed by atoms with Crippen LogP contribution in [-0.2, 0) is 5.41 Å². The number of aliphatic hydroxyl groups is 1. The lowest BCUT2D eigenvalue weighted by Gasteiger charge is -2.20. The van der Waals surface area contributed by atoms with Crippen molar-refractivity contribution in [1.29, 1.82) is 0 Å². The minimum absolute atomic E-state index is 0.0396. The highest BCUT2D eigenvalue weighted by atomic mass is 16.4. The smallest absolute Gasteiger partial charge is 0.408 e. The van der Waals surface area contributed by atoms with Crippen LogP contribution >= 0.6 is 0 Å². The summed E-state index contributed by atoms with van der Waals surface area (Å²) < 4.78 is 4.95. The molecular formula is C20H22N2O4. The van der Waals surface area contributed by atoms with Gasteiger partial charge in [0.25, 0.3) is 5.91 Å². The average molecular weight is 354 g/mol. The maximum Gasteiger partial charge on any atom is 0.417 e. The summed E-state index contributed by atoms with van der Waals surface area (Å²) >= 11 is 0. The molecule has 0 aliphatic carbocycles. The summed E-state index contributed by atoms with van der Waals surface area (Å²) in [6.07, 6.45) is -0.824. The van der Waals surface area contributed by atoms with Crippen molar-refractivity contribution < 1.29 is 14.3 Å². The Kier molecular flexibility index (Phi) is 4.70. The standard InChI is InChI=1S/C20H22N2O4/c1-20(2,3)13-9-7-12(8-10-13)15(23)11-21-18(24)14-5-4-6-16-17(14)22-19(25)26-16/h4-10,15,23H,11H2,1-3H3,(H,21,24)(H,22,25). The SMILES string of the molecule is CC(C)(C)c1ccc(C(O)CNC(=O)c2cccc3oc(=O)[nH]c23)cc1. The number of aromatic nitrogens is 1. The van der Waals surface area contributed by atoms with Crippen LogP contribution < -0.4 is 11.1 Å². The fraction of sp³-hybridized carbons (Fsp3) is 0.300. The molecule has 1 aromatic heterocycles. The largest absolute Gasteiger partial charge is 0.417 e. The van der Waals surface area contributed by atoms with Crippen molar-refractivity contribution in [2.75, 3.05) is 6.54 Å². The Morgan fingerprint density at radius 3 is 2.54 bits per heavy atom. The van der Waals surface area contributed by atoms with Gasteiger partial charge in [-0.3, -0.25) is 9.78 Å². The van der Waals surface area contributed by atoms with Gasteiger partial charge in [-0.1, -0.05) is 51.1 Å². The molecule has 3 rings (SSSR count). The van der Waals surface area contributed by atoms with Gasteiger partial charge in [0.2, 0.25) is 0 Å². The summed E-state index contributed by atoms with van der Waals surface area (Å²) in [5.74, 6) is -1.00. The van der Waals surface area contributed by atoms with Gasteiger partial charge in [-0.25, -0.2) is 4.79 Å². The van der Waals surface area contributed by atoms with Crippen LogP contribution in [0.4, 0.5) is 0 Å². The molecule has 0 aliphatic rings. The van der Waals surface area contributed by atoms with E-state index in [9.17, 15) is 14.7 Å². The van der Waals surface area contributed by atoms with Crippen LogP contribution in [0.15, 0.2) is 51.7 Å². The number of benzene rings is 2. The van der Waals surface area contributed by atoms with Gasteiger partial charge in [0.15, 0.2) is 5.58 Å². The molecule has 1 atom stereocenters. The summed E-state index contributed by atoms with van der Waals surface area (Å²) in [5, 5.41) is 13.0. The van der Waals surface area contributed by atoms with Crippen LogP contribution in [0.25, 0.3) is 11.1 Å². The van der Waals surface area contributed by atoms with Gasteiger partial charge in [0.1, 0.15) is 0 Å². The maximum absolute atomic E-state index is 12.4. The number of H-pyrrole nitrogens is 1. The van der Waals surface area contributed by atoms with Gasteiger partial charge in [-0.05, 0) is 28.7 Å². The molecule has 3 N–H and O–H groups in total. The third-order valence-corrected chi connectivity index (χ3v) is 4.32. The lowest BCUT2D eigenvalue weighted by atomic mass is 9.86. The molecule has 0 fully saturated rings. The topological polar surface area (TPSA) is 95.3 Å². The highest BCUT2D eigenvalue weighted by Gasteiger charge is 2.17. The summed E-state index contributed by atoms with van der Waals surface area (Å²) in [6, 6.07) is 12.5. The molecule has 0 aliphatic heterocycles. The van der Waals surface area contributed by atoms with Crippen molar-refractivity contribution in [3.63, 3.8) is 0 Å². The Bertz CT molecular complexity index is 977. The monoisotopic (exact) mass is 354 g/mol. The number of carbonyl (C=O) groups is 1. The molecule has 0 bridgehead atoms. The molecule has 6 nitrogen and oxygen atoms in total. The van der Waals surface area contributed by atoms with E-state index in [0.717, 1.165) is 5.56 Å². The van der Waals surface area contributed by atoms with Gasteiger partial charge in [-0.15, -0.1) is 0 Å². The molecule has 1 heterocycles. The number of hydrogen-bond donors (Lipinski definition) is 3. The molecule has 1 unspecified atom stereocenters. The molecule has 2 aromatic carbocycles. The number of rotatable bonds is 4. The molecule has 3 aromatic rings. The normalized spacial score (nSPS) is 12.9. The minimum Gasteiger partial charge on any atom is -0.408 e. The summed E-state index contributed by atoms with van der Waals surface area (Å²) in [7, 11) is 0. The van der Waals surface area contributed by atoms with Crippen LogP contribution in [0.5, 0.6) is 0 Å². The first-order valence-corrected chi connectivity index (χ1v) is 8.44. The maximum atomic E-state index is 12.4. The van der Waals surface area contributed by atoms with E-state index in [2.05, 4.69) is 31.1 Å². The first-order chi connectivity index (χ1) is 12.3. The predicted octanol–water partition coefficient (Wildman–Crippen LogP) is 2.88. The minimum atomic E-state index is -0.824. The molecule has 6 heteroatoms. The highest BCUT2D eigenvalue weighted by molar-refractivity contribution is 6.04. The Labute approximate surface area is 150 Å². The van der Waals surface area contributed by atoms with Crippen molar-refractivity contribution in [3.8, 4) is 0 Å². The van der Waals surface area contributed by atoms with Crippen molar-refractivity contribution in [2.45, 2.75) is 32.3 Å². The number of para-hydroxylation sites is 1. The van der Waals surface area contributed by atoms with Gasteiger partial charge >= 0.3 is 5.76 Å². The van der Waals surface area contributed by atoms with Crippen molar-refractivity contribution in [1.82, 2.24) is 10.3 Å². The molecule has 1 amide bonds. The highest BCUT2D eigenvalue weighted by Crippen LogP contribution is 2.24. The van der Waals surface area contributed by atoms with Crippen LogP contribution in [0, 0.1) is 0 Å². The first-order valence-electron chi connectivity index (χ1n) is 8.44. The van der Waals surface area contributed by atoms with Gasteiger partial charge in [-0.2, -0.15) is 0 Å². The summed E-state index contributed by atoms with van der Waals surface area (Å²) in [4.78, 5) is 26.2. The molecule has 136 valence electrons. The van der Waals surface area contributed by atoms with Crippen molar-refractivity contribution in [2.24, 2.45) is 0 Å². The van der Waals surface area contributed by atoms with Gasteiger partial charge < -0.3 is 14.8 Å². The third-order valence-electron chi connectivity index (χ3n) is 4.32.